The standard InChI is InChI=1S/C16H16BrClO2/c1-19-9-10-20-15-8-7-13(11-14(15)17)16(18)12-5-3-2-4-6-12/h2-8,11,16H,9-10H2,1H3. The van der Waals surface area contributed by atoms with E-state index in [0.29, 0.717) is 13.2 Å². The Bertz CT molecular complexity index is 545. The second-order valence-electron chi connectivity index (χ2n) is 4.30. The van der Waals surface area contributed by atoms with E-state index in [9.17, 15) is 0 Å². The molecule has 0 fully saturated rings. The van der Waals surface area contributed by atoms with Gasteiger partial charge in [0.15, 0.2) is 0 Å². The van der Waals surface area contributed by atoms with Crippen LogP contribution in [-0.2, 0) is 4.74 Å². The molecule has 0 saturated carbocycles. The van der Waals surface area contributed by atoms with E-state index < -0.39 is 0 Å². The Hall–Kier alpha value is -1.03. The quantitative estimate of drug-likeness (QED) is 0.547. The summed E-state index contributed by atoms with van der Waals surface area (Å²) in [6.07, 6.45) is 0. The Balaban J connectivity index is 2.12. The fourth-order valence-electron chi connectivity index (χ4n) is 1.84. The first-order valence-electron chi connectivity index (χ1n) is 6.32. The Morgan fingerprint density at radius 2 is 1.80 bits per heavy atom. The SMILES string of the molecule is COCCOc1ccc(C(Cl)c2ccccc2)cc1Br. The van der Waals surface area contributed by atoms with Crippen LogP contribution in [0.5, 0.6) is 5.75 Å². The van der Waals surface area contributed by atoms with Gasteiger partial charge in [0.2, 0.25) is 0 Å². The van der Waals surface area contributed by atoms with E-state index in [4.69, 9.17) is 21.1 Å². The summed E-state index contributed by atoms with van der Waals surface area (Å²) >= 11 is 10.0. The highest BCUT2D eigenvalue weighted by Gasteiger charge is 2.12. The lowest BCUT2D eigenvalue weighted by atomic mass is 10.0. The maximum Gasteiger partial charge on any atom is 0.133 e. The second kappa shape index (κ2) is 7.67. The van der Waals surface area contributed by atoms with Crippen LogP contribution in [0.2, 0.25) is 0 Å². The summed E-state index contributed by atoms with van der Waals surface area (Å²) in [6.45, 7) is 1.09. The van der Waals surface area contributed by atoms with Crippen molar-refractivity contribution in [3.8, 4) is 5.75 Å². The molecule has 2 aromatic rings. The molecule has 1 atom stereocenters. The second-order valence-corrected chi connectivity index (χ2v) is 5.60. The van der Waals surface area contributed by atoms with Crippen molar-refractivity contribution in [2.24, 2.45) is 0 Å². The number of methoxy groups -OCH3 is 1. The Labute approximate surface area is 132 Å². The molecule has 4 heteroatoms. The third kappa shape index (κ3) is 3.98. The summed E-state index contributed by atoms with van der Waals surface area (Å²) in [4.78, 5) is 0. The summed E-state index contributed by atoms with van der Waals surface area (Å²) in [6, 6.07) is 15.9. The minimum absolute atomic E-state index is 0.166. The van der Waals surface area contributed by atoms with Crippen molar-refractivity contribution < 1.29 is 9.47 Å². The highest BCUT2D eigenvalue weighted by atomic mass is 79.9. The molecule has 0 heterocycles. The van der Waals surface area contributed by atoms with Crippen LogP contribution in [0.4, 0.5) is 0 Å². The average Bonchev–Trinajstić information content (AvgIpc) is 2.49. The number of hydrogen-bond acceptors (Lipinski definition) is 2. The molecule has 0 spiro atoms. The third-order valence-electron chi connectivity index (χ3n) is 2.89. The third-order valence-corrected chi connectivity index (χ3v) is 4.01. The number of hydrogen-bond donors (Lipinski definition) is 0. The van der Waals surface area contributed by atoms with Crippen LogP contribution in [0.3, 0.4) is 0 Å². The van der Waals surface area contributed by atoms with Crippen molar-refractivity contribution in [3.05, 3.63) is 64.1 Å². The van der Waals surface area contributed by atoms with Crippen LogP contribution >= 0.6 is 27.5 Å². The molecule has 2 rings (SSSR count). The van der Waals surface area contributed by atoms with Gasteiger partial charge in [-0.05, 0) is 39.2 Å². The average molecular weight is 356 g/mol. The molecule has 0 saturated heterocycles. The first kappa shape index (κ1) is 15.4. The van der Waals surface area contributed by atoms with Crippen molar-refractivity contribution in [2.45, 2.75) is 5.38 Å². The number of ether oxygens (including phenoxy) is 2. The van der Waals surface area contributed by atoms with E-state index in [-0.39, 0.29) is 5.38 Å². The molecule has 0 aromatic heterocycles. The van der Waals surface area contributed by atoms with E-state index in [1.807, 2.05) is 48.5 Å². The van der Waals surface area contributed by atoms with Crippen molar-refractivity contribution in [1.82, 2.24) is 0 Å². The molecular weight excluding hydrogens is 340 g/mol. The normalized spacial score (nSPS) is 12.2. The van der Waals surface area contributed by atoms with Crippen molar-refractivity contribution in [2.75, 3.05) is 20.3 Å². The molecule has 0 bridgehead atoms. The lowest BCUT2D eigenvalue weighted by Crippen LogP contribution is -2.05. The van der Waals surface area contributed by atoms with Gasteiger partial charge in [-0.2, -0.15) is 0 Å². The van der Waals surface area contributed by atoms with E-state index >= 15 is 0 Å². The molecule has 2 aromatic carbocycles. The minimum Gasteiger partial charge on any atom is -0.490 e. The largest absolute Gasteiger partial charge is 0.490 e. The lowest BCUT2D eigenvalue weighted by molar-refractivity contribution is 0.146. The molecule has 0 radical (unpaired) electrons. The van der Waals surface area contributed by atoms with Crippen LogP contribution in [-0.4, -0.2) is 20.3 Å². The van der Waals surface area contributed by atoms with Gasteiger partial charge in [0, 0.05) is 7.11 Å². The maximum absolute atomic E-state index is 6.50. The summed E-state index contributed by atoms with van der Waals surface area (Å²) < 4.78 is 11.5. The molecule has 0 aliphatic carbocycles. The fourth-order valence-corrected chi connectivity index (χ4v) is 2.63. The molecule has 0 aliphatic heterocycles. The predicted octanol–water partition coefficient (Wildman–Crippen LogP) is 4.80. The Kier molecular flexibility index (Phi) is 5.89. The lowest BCUT2D eigenvalue weighted by Gasteiger charge is -2.13. The van der Waals surface area contributed by atoms with Crippen LogP contribution in [0, 0.1) is 0 Å². The van der Waals surface area contributed by atoms with E-state index in [0.717, 1.165) is 21.3 Å². The van der Waals surface area contributed by atoms with Gasteiger partial charge in [-0.25, -0.2) is 0 Å². The number of benzene rings is 2. The topological polar surface area (TPSA) is 18.5 Å². The monoisotopic (exact) mass is 354 g/mol. The zero-order chi connectivity index (χ0) is 14.4. The molecule has 20 heavy (non-hydrogen) atoms. The van der Waals surface area contributed by atoms with E-state index in [1.165, 1.54) is 0 Å². The van der Waals surface area contributed by atoms with Crippen LogP contribution in [0.15, 0.2) is 53.0 Å². The van der Waals surface area contributed by atoms with E-state index in [2.05, 4.69) is 15.9 Å². The molecule has 106 valence electrons. The first-order chi connectivity index (χ1) is 9.72. The molecule has 2 nitrogen and oxygen atoms in total. The summed E-state index contributed by atoms with van der Waals surface area (Å²) in [5.41, 5.74) is 2.11. The highest BCUT2D eigenvalue weighted by molar-refractivity contribution is 9.10. The molecule has 1 unspecified atom stereocenters. The molecule has 0 amide bonds. The highest BCUT2D eigenvalue weighted by Crippen LogP contribution is 2.34. The van der Waals surface area contributed by atoms with Gasteiger partial charge in [-0.1, -0.05) is 36.4 Å². The number of halogens is 2. The van der Waals surface area contributed by atoms with Crippen molar-refractivity contribution in [1.29, 1.82) is 0 Å². The van der Waals surface area contributed by atoms with Crippen molar-refractivity contribution >= 4 is 27.5 Å². The Morgan fingerprint density at radius 1 is 1.05 bits per heavy atom. The van der Waals surface area contributed by atoms with Gasteiger partial charge in [0.05, 0.1) is 16.5 Å². The molecule has 0 N–H and O–H groups in total. The van der Waals surface area contributed by atoms with Gasteiger partial charge in [0.1, 0.15) is 12.4 Å². The Morgan fingerprint density at radius 3 is 2.45 bits per heavy atom. The molecule has 0 aliphatic rings. The summed E-state index contributed by atoms with van der Waals surface area (Å²) in [5, 5.41) is -0.166. The van der Waals surface area contributed by atoms with Gasteiger partial charge in [-0.3, -0.25) is 0 Å². The number of alkyl halides is 1. The zero-order valence-electron chi connectivity index (χ0n) is 11.2. The molecular formula is C16H16BrClO2. The first-order valence-corrected chi connectivity index (χ1v) is 7.55. The van der Waals surface area contributed by atoms with E-state index in [1.54, 1.807) is 7.11 Å². The fraction of sp³-hybridized carbons (Fsp3) is 0.250. The zero-order valence-corrected chi connectivity index (χ0v) is 13.5. The maximum atomic E-state index is 6.50. The van der Waals surface area contributed by atoms with Crippen molar-refractivity contribution in [3.63, 3.8) is 0 Å². The summed E-state index contributed by atoms with van der Waals surface area (Å²) in [5.74, 6) is 0.794. The number of rotatable bonds is 6. The van der Waals surface area contributed by atoms with Crippen LogP contribution < -0.4 is 4.74 Å². The van der Waals surface area contributed by atoms with Gasteiger partial charge < -0.3 is 9.47 Å². The van der Waals surface area contributed by atoms with Crippen LogP contribution in [0.25, 0.3) is 0 Å². The van der Waals surface area contributed by atoms with Crippen LogP contribution in [0.1, 0.15) is 16.5 Å². The van der Waals surface area contributed by atoms with Gasteiger partial charge in [0.25, 0.3) is 0 Å². The van der Waals surface area contributed by atoms with Gasteiger partial charge >= 0.3 is 0 Å². The smallest absolute Gasteiger partial charge is 0.133 e. The minimum atomic E-state index is -0.166. The van der Waals surface area contributed by atoms with Gasteiger partial charge in [-0.15, -0.1) is 11.6 Å². The summed E-state index contributed by atoms with van der Waals surface area (Å²) in [7, 11) is 1.65. The predicted molar refractivity (Wildman–Crippen MR) is 85.7 cm³/mol.